The van der Waals surface area contributed by atoms with E-state index in [4.69, 9.17) is 10.0 Å². The van der Waals surface area contributed by atoms with Crippen molar-refractivity contribution in [2.75, 3.05) is 0 Å². The molecule has 0 heterocycles. The summed E-state index contributed by atoms with van der Waals surface area (Å²) in [4.78, 5) is 0. The quantitative estimate of drug-likeness (QED) is 0.255. The molecule has 3 N–H and O–H groups in total. The standard InChI is InChI=1S/BH2O2.Na.H2O.H3P/c2-1-3;;;/h1-2H;;1H2;1H3/q-1;+1;;. The smallest absolute Gasteiger partial charge is 0.859 e. The Morgan fingerprint density at radius 3 is 1.50 bits per heavy atom. The molecule has 3 nitrogen and oxygen atoms in total. The minimum absolute atomic E-state index is 0. The van der Waals surface area contributed by atoms with Gasteiger partial charge in [0, 0.05) is 0 Å². The minimum atomic E-state index is -1.00. The van der Waals surface area contributed by atoms with E-state index in [2.05, 4.69) is 0 Å². The van der Waals surface area contributed by atoms with Crippen LogP contribution >= 0.6 is 9.90 Å². The van der Waals surface area contributed by atoms with Crippen LogP contribution in [0.15, 0.2) is 0 Å². The third-order valence-corrected chi connectivity index (χ3v) is 0. The van der Waals surface area contributed by atoms with E-state index in [1.165, 1.54) is 0 Å². The van der Waals surface area contributed by atoms with Crippen LogP contribution in [0.1, 0.15) is 0 Å². The van der Waals surface area contributed by atoms with E-state index >= 15 is 0 Å². The Kier molecular flexibility index (Phi) is 143. The van der Waals surface area contributed by atoms with Gasteiger partial charge in [-0.2, -0.15) is 9.90 Å². The topological polar surface area (TPSA) is 74.8 Å². The Labute approximate surface area is 62.7 Å². The van der Waals surface area contributed by atoms with Crippen molar-refractivity contribution in [2.24, 2.45) is 0 Å². The molecule has 0 aromatic rings. The van der Waals surface area contributed by atoms with Gasteiger partial charge in [0.05, 0.1) is 0 Å². The molecule has 6 heteroatoms. The Morgan fingerprint density at radius 1 is 1.50 bits per heavy atom. The first-order valence-corrected chi connectivity index (χ1v) is 0.605. The van der Waals surface area contributed by atoms with Gasteiger partial charge in [-0.3, -0.25) is 0 Å². The Bertz CT molecular complexity index is 10.8. The van der Waals surface area contributed by atoms with Gasteiger partial charge in [-0.25, -0.2) is 0 Å². The minimum Gasteiger partial charge on any atom is -0.859 e. The van der Waals surface area contributed by atoms with E-state index in [0.29, 0.717) is 0 Å². The predicted molar refractivity (Wildman–Crippen MR) is 24.1 cm³/mol. The molecule has 1 unspecified atom stereocenters. The molecule has 0 aliphatic heterocycles. The van der Waals surface area contributed by atoms with Gasteiger partial charge in [0.2, 0.25) is 0 Å². The van der Waals surface area contributed by atoms with Crippen molar-refractivity contribution in [1.29, 1.82) is 0 Å². The molecule has 0 bridgehead atoms. The number of hydrogen-bond donors (Lipinski definition) is 1. The zero-order valence-corrected chi connectivity index (χ0v) is 7.18. The van der Waals surface area contributed by atoms with Gasteiger partial charge in [-0.05, 0) is 0 Å². The third-order valence-electron chi connectivity index (χ3n) is 0. The van der Waals surface area contributed by atoms with Crippen LogP contribution in [-0.2, 0) is 0 Å². The van der Waals surface area contributed by atoms with Crippen molar-refractivity contribution < 1.29 is 45.1 Å². The maximum atomic E-state index is 8.49. The molecule has 0 saturated heterocycles. The number of rotatable bonds is 0. The molecule has 0 fully saturated rings. The molecule has 1 atom stereocenters. The molecule has 0 amide bonds. The van der Waals surface area contributed by atoms with Crippen molar-refractivity contribution in [3.8, 4) is 0 Å². The Morgan fingerprint density at radius 2 is 1.50 bits per heavy atom. The summed E-state index contributed by atoms with van der Waals surface area (Å²) in [6.07, 6.45) is 0. The first kappa shape index (κ1) is 26.3. The van der Waals surface area contributed by atoms with Crippen molar-refractivity contribution in [3.63, 3.8) is 0 Å². The average molecular weight is 120 g/mol. The van der Waals surface area contributed by atoms with Gasteiger partial charge in [-0.15, -0.1) is 0 Å². The van der Waals surface area contributed by atoms with Crippen molar-refractivity contribution in [1.82, 2.24) is 0 Å². The van der Waals surface area contributed by atoms with Crippen molar-refractivity contribution >= 4 is 17.6 Å². The fourth-order valence-corrected chi connectivity index (χ4v) is 0. The monoisotopic (exact) mass is 120 g/mol. The fraction of sp³-hybridized carbons (Fsp3) is 0. The van der Waals surface area contributed by atoms with Crippen LogP contribution < -0.4 is 34.6 Å². The van der Waals surface area contributed by atoms with Gasteiger partial charge in [0.1, 0.15) is 0 Å². The predicted octanol–water partition coefficient (Wildman–Crippen LogP) is -6.16. The van der Waals surface area contributed by atoms with Gasteiger partial charge in [0.15, 0.2) is 7.69 Å². The van der Waals surface area contributed by atoms with Crippen LogP contribution in [-0.4, -0.2) is 18.2 Å². The maximum Gasteiger partial charge on any atom is 1.00 e. The zero-order chi connectivity index (χ0) is 2.71. The first-order chi connectivity index (χ1) is 1.41. The van der Waals surface area contributed by atoms with Gasteiger partial charge >= 0.3 is 29.6 Å². The largest absolute Gasteiger partial charge is 1.00 e. The molecule has 6 heavy (non-hydrogen) atoms. The second-order valence-corrected chi connectivity index (χ2v) is 0.129. The van der Waals surface area contributed by atoms with Crippen LogP contribution in [0, 0.1) is 0 Å². The molecule has 0 aromatic carbocycles. The molecular weight excluding hydrogens is 113 g/mol. The molecule has 0 aliphatic rings. The van der Waals surface area contributed by atoms with Crippen molar-refractivity contribution in [3.05, 3.63) is 0 Å². The third kappa shape index (κ3) is 54.4. The van der Waals surface area contributed by atoms with E-state index in [1.54, 1.807) is 0 Å². The van der Waals surface area contributed by atoms with Crippen LogP contribution in [0.4, 0.5) is 0 Å². The molecule has 34 valence electrons. The summed E-state index contributed by atoms with van der Waals surface area (Å²) in [5.74, 6) is 0. The first-order valence-electron chi connectivity index (χ1n) is 0.605. The molecule has 0 rings (SSSR count). The second-order valence-electron chi connectivity index (χ2n) is 0.129. The van der Waals surface area contributed by atoms with Crippen LogP contribution in [0.2, 0.25) is 0 Å². The maximum absolute atomic E-state index is 8.49. The number of hydrogen-bond acceptors (Lipinski definition) is 2. The van der Waals surface area contributed by atoms with E-state index < -0.39 is 7.69 Å². The summed E-state index contributed by atoms with van der Waals surface area (Å²) in [6, 6.07) is 0. The normalized spacial score (nSPS) is 2.33. The Hall–Kier alpha value is 1.37. The molecular formula is H7BNaO3P. The summed E-state index contributed by atoms with van der Waals surface area (Å²) >= 11 is 0. The van der Waals surface area contributed by atoms with Crippen LogP contribution in [0.5, 0.6) is 0 Å². The van der Waals surface area contributed by atoms with Gasteiger partial charge < -0.3 is 15.5 Å². The molecule has 0 aliphatic carbocycles. The van der Waals surface area contributed by atoms with Crippen molar-refractivity contribution in [2.45, 2.75) is 0 Å². The van der Waals surface area contributed by atoms with E-state index in [-0.39, 0.29) is 44.9 Å². The summed E-state index contributed by atoms with van der Waals surface area (Å²) in [6.45, 7) is 0. The summed E-state index contributed by atoms with van der Waals surface area (Å²) < 4.78 is 0. The molecule has 0 aromatic heterocycles. The van der Waals surface area contributed by atoms with Gasteiger partial charge in [-0.1, -0.05) is 0 Å². The summed E-state index contributed by atoms with van der Waals surface area (Å²) in [5.41, 5.74) is 0. The Balaban J connectivity index is -0.00000000667. The van der Waals surface area contributed by atoms with E-state index in [9.17, 15) is 0 Å². The SMILES string of the molecule is O.P.[Na+].[O-]BO. The fourth-order valence-electron chi connectivity index (χ4n) is 0. The summed E-state index contributed by atoms with van der Waals surface area (Å²) in [5, 5.41) is 15.5. The van der Waals surface area contributed by atoms with Gasteiger partial charge in [0.25, 0.3) is 0 Å². The molecule has 0 saturated carbocycles. The van der Waals surface area contributed by atoms with Crippen LogP contribution in [0.3, 0.4) is 0 Å². The summed E-state index contributed by atoms with van der Waals surface area (Å²) in [7, 11) is -1.00. The second kappa shape index (κ2) is 32.7. The zero-order valence-electron chi connectivity index (χ0n) is 3.77. The van der Waals surface area contributed by atoms with Crippen LogP contribution in [0.25, 0.3) is 0 Å². The molecule has 0 radical (unpaired) electrons. The average Bonchev–Trinajstić information content (AvgIpc) is 0.918. The van der Waals surface area contributed by atoms with E-state index in [1.807, 2.05) is 0 Å². The van der Waals surface area contributed by atoms with E-state index in [0.717, 1.165) is 0 Å². The molecule has 0 spiro atoms.